The van der Waals surface area contributed by atoms with Gasteiger partial charge in [-0.1, -0.05) is 101 Å². The number of aliphatic imine (C=N–C) groups is 1. The molecule has 2 aromatic carbocycles. The number of nitrogens with zero attached hydrogens (tertiary/aromatic N) is 1. The van der Waals surface area contributed by atoms with E-state index in [1.807, 2.05) is 36.5 Å². The van der Waals surface area contributed by atoms with Crippen molar-refractivity contribution in [1.82, 2.24) is 0 Å². The SMILES string of the molecule is Oc1c(C=Nc2ccccc2)cc(C2CCCCC2)cc1C1CCCCCCCCCCC1. The highest BCUT2D eigenvalue weighted by molar-refractivity contribution is 5.86. The van der Waals surface area contributed by atoms with Gasteiger partial charge in [-0.15, -0.1) is 0 Å². The highest BCUT2D eigenvalue weighted by Gasteiger charge is 2.22. The summed E-state index contributed by atoms with van der Waals surface area (Å²) in [6, 6.07) is 14.7. The molecule has 0 bridgehead atoms. The molecular weight excluding hydrogens is 402 g/mol. The zero-order valence-electron chi connectivity index (χ0n) is 20.5. The molecule has 2 aliphatic carbocycles. The van der Waals surface area contributed by atoms with Crippen molar-refractivity contribution in [2.24, 2.45) is 4.99 Å². The lowest BCUT2D eigenvalue weighted by Gasteiger charge is -2.26. The first-order chi connectivity index (χ1) is 16.3. The maximum Gasteiger partial charge on any atom is 0.127 e. The molecule has 1 N–H and O–H groups in total. The molecule has 2 fully saturated rings. The van der Waals surface area contributed by atoms with E-state index >= 15 is 0 Å². The molecule has 2 heteroatoms. The van der Waals surface area contributed by atoms with Gasteiger partial charge in [0.1, 0.15) is 5.75 Å². The van der Waals surface area contributed by atoms with Crippen LogP contribution in [0.15, 0.2) is 47.5 Å². The molecule has 0 radical (unpaired) electrons. The molecule has 2 saturated carbocycles. The lowest BCUT2D eigenvalue weighted by atomic mass is 9.80. The Kier molecular flexibility index (Phi) is 9.45. The Hall–Kier alpha value is -2.09. The van der Waals surface area contributed by atoms with E-state index in [-0.39, 0.29) is 0 Å². The first-order valence-corrected chi connectivity index (χ1v) is 13.8. The van der Waals surface area contributed by atoms with Gasteiger partial charge in [-0.3, -0.25) is 4.99 Å². The predicted octanol–water partition coefficient (Wildman–Crippen LogP) is 9.58. The van der Waals surface area contributed by atoms with Gasteiger partial charge in [0.2, 0.25) is 0 Å². The van der Waals surface area contributed by atoms with Crippen molar-refractivity contribution in [3.63, 3.8) is 0 Å². The molecule has 0 atom stereocenters. The summed E-state index contributed by atoms with van der Waals surface area (Å²) in [6.07, 6.45) is 23.1. The van der Waals surface area contributed by atoms with E-state index < -0.39 is 0 Å². The lowest BCUT2D eigenvalue weighted by molar-refractivity contribution is 0.425. The average Bonchev–Trinajstić information content (AvgIpc) is 2.85. The van der Waals surface area contributed by atoms with E-state index in [0.29, 0.717) is 17.6 Å². The van der Waals surface area contributed by atoms with Crippen LogP contribution in [-0.2, 0) is 0 Å². The number of benzene rings is 2. The summed E-state index contributed by atoms with van der Waals surface area (Å²) in [6.45, 7) is 0. The summed E-state index contributed by atoms with van der Waals surface area (Å²) < 4.78 is 0. The van der Waals surface area contributed by atoms with Gasteiger partial charge in [0.15, 0.2) is 0 Å². The number of hydrogen-bond acceptors (Lipinski definition) is 2. The van der Waals surface area contributed by atoms with Crippen LogP contribution in [-0.4, -0.2) is 11.3 Å². The maximum absolute atomic E-state index is 11.4. The minimum atomic E-state index is 0.469. The van der Waals surface area contributed by atoms with Crippen LogP contribution in [0.2, 0.25) is 0 Å². The Morgan fingerprint density at radius 3 is 1.76 bits per heavy atom. The second kappa shape index (κ2) is 13.0. The molecule has 0 heterocycles. The van der Waals surface area contributed by atoms with Crippen LogP contribution in [0.1, 0.15) is 131 Å². The lowest BCUT2D eigenvalue weighted by Crippen LogP contribution is -2.08. The van der Waals surface area contributed by atoms with Crippen LogP contribution in [0.4, 0.5) is 5.69 Å². The number of aromatic hydroxyl groups is 1. The highest BCUT2D eigenvalue weighted by atomic mass is 16.3. The van der Waals surface area contributed by atoms with Gasteiger partial charge >= 0.3 is 0 Å². The third-order valence-electron chi connectivity index (χ3n) is 7.92. The van der Waals surface area contributed by atoms with E-state index in [0.717, 1.165) is 11.3 Å². The van der Waals surface area contributed by atoms with Crippen molar-refractivity contribution < 1.29 is 5.11 Å². The molecule has 4 rings (SSSR count). The number of rotatable bonds is 4. The van der Waals surface area contributed by atoms with Crippen molar-refractivity contribution in [2.45, 2.75) is 115 Å². The Labute approximate surface area is 201 Å². The third kappa shape index (κ3) is 7.19. The largest absolute Gasteiger partial charge is 0.507 e. The monoisotopic (exact) mass is 445 g/mol. The van der Waals surface area contributed by atoms with Gasteiger partial charge in [0, 0.05) is 11.8 Å². The van der Waals surface area contributed by atoms with Crippen molar-refractivity contribution in [3.05, 3.63) is 59.2 Å². The molecule has 178 valence electrons. The fraction of sp³-hybridized carbons (Fsp3) is 0.581. The second-order valence-corrected chi connectivity index (χ2v) is 10.4. The Morgan fingerprint density at radius 2 is 1.15 bits per heavy atom. The van der Waals surface area contributed by atoms with Gasteiger partial charge < -0.3 is 5.11 Å². The summed E-state index contributed by atoms with van der Waals surface area (Å²) in [5.74, 6) is 1.58. The maximum atomic E-state index is 11.4. The van der Waals surface area contributed by atoms with Gasteiger partial charge in [0.05, 0.1) is 5.69 Å². The molecule has 0 saturated heterocycles. The zero-order chi connectivity index (χ0) is 22.7. The summed E-state index contributed by atoms with van der Waals surface area (Å²) in [5.41, 5.74) is 4.48. The Bertz CT molecular complexity index is 854. The number of phenols is 1. The molecule has 0 aromatic heterocycles. The average molecular weight is 446 g/mol. The number of hydrogen-bond donors (Lipinski definition) is 1. The second-order valence-electron chi connectivity index (χ2n) is 10.4. The quantitative estimate of drug-likeness (QED) is 0.467. The fourth-order valence-corrected chi connectivity index (χ4v) is 5.92. The summed E-state index contributed by atoms with van der Waals surface area (Å²) in [5, 5.41) is 11.4. The number of phenolic OH excluding ortho intramolecular Hbond substituents is 1. The van der Waals surface area contributed by atoms with E-state index in [1.54, 1.807) is 0 Å². The van der Waals surface area contributed by atoms with E-state index in [2.05, 4.69) is 12.1 Å². The first kappa shape index (κ1) is 24.0. The highest BCUT2D eigenvalue weighted by Crippen LogP contribution is 2.41. The third-order valence-corrected chi connectivity index (χ3v) is 7.92. The summed E-state index contributed by atoms with van der Waals surface area (Å²) >= 11 is 0. The molecule has 33 heavy (non-hydrogen) atoms. The molecule has 2 aromatic rings. The normalized spacial score (nSPS) is 20.4. The first-order valence-electron chi connectivity index (χ1n) is 13.8. The van der Waals surface area contributed by atoms with E-state index in [1.165, 1.54) is 114 Å². The summed E-state index contributed by atoms with van der Waals surface area (Å²) in [4.78, 5) is 4.71. The minimum Gasteiger partial charge on any atom is -0.507 e. The van der Waals surface area contributed by atoms with Crippen molar-refractivity contribution in [1.29, 1.82) is 0 Å². The Balaban J connectivity index is 1.64. The molecule has 2 aliphatic rings. The molecule has 0 unspecified atom stereocenters. The van der Waals surface area contributed by atoms with Crippen LogP contribution in [0, 0.1) is 0 Å². The topological polar surface area (TPSA) is 32.6 Å². The molecular formula is C31H43NO. The van der Waals surface area contributed by atoms with Gasteiger partial charge in [-0.2, -0.15) is 0 Å². The van der Waals surface area contributed by atoms with E-state index in [9.17, 15) is 5.11 Å². The van der Waals surface area contributed by atoms with Crippen LogP contribution in [0.5, 0.6) is 5.75 Å². The van der Waals surface area contributed by atoms with Gasteiger partial charge in [-0.05, 0) is 66.8 Å². The zero-order valence-corrected chi connectivity index (χ0v) is 20.5. The van der Waals surface area contributed by atoms with Crippen LogP contribution in [0.3, 0.4) is 0 Å². The van der Waals surface area contributed by atoms with Gasteiger partial charge in [0.25, 0.3) is 0 Å². The van der Waals surface area contributed by atoms with Crippen molar-refractivity contribution >= 4 is 11.9 Å². The number of para-hydroxylation sites is 1. The summed E-state index contributed by atoms with van der Waals surface area (Å²) in [7, 11) is 0. The molecule has 2 nitrogen and oxygen atoms in total. The molecule has 0 aliphatic heterocycles. The van der Waals surface area contributed by atoms with E-state index in [4.69, 9.17) is 4.99 Å². The van der Waals surface area contributed by atoms with Crippen LogP contribution in [0.25, 0.3) is 0 Å². The standard InChI is InChI=1S/C31H43NO/c33-31-28(24-32-29-20-14-9-15-21-29)22-27(25-16-12-8-13-17-25)23-30(31)26-18-10-6-4-2-1-3-5-7-11-19-26/h9,14-15,20-26,33H,1-8,10-13,16-19H2. The van der Waals surface area contributed by atoms with Crippen LogP contribution >= 0.6 is 0 Å². The van der Waals surface area contributed by atoms with Crippen LogP contribution < -0.4 is 0 Å². The Morgan fingerprint density at radius 1 is 0.636 bits per heavy atom. The van der Waals surface area contributed by atoms with Crippen molar-refractivity contribution in [2.75, 3.05) is 0 Å². The molecule has 0 spiro atoms. The smallest absolute Gasteiger partial charge is 0.127 e. The van der Waals surface area contributed by atoms with Gasteiger partial charge in [-0.25, -0.2) is 0 Å². The predicted molar refractivity (Wildman–Crippen MR) is 141 cm³/mol. The minimum absolute atomic E-state index is 0.469. The molecule has 0 amide bonds. The fourth-order valence-electron chi connectivity index (χ4n) is 5.92. The van der Waals surface area contributed by atoms with Crippen molar-refractivity contribution in [3.8, 4) is 5.75 Å².